The van der Waals surface area contributed by atoms with Crippen LogP contribution in [0.2, 0.25) is 0 Å². The van der Waals surface area contributed by atoms with Gasteiger partial charge in [-0.15, -0.1) is 0 Å². The molecule has 1 fully saturated rings. The maximum absolute atomic E-state index is 10.2. The molecule has 1 saturated carbocycles. The molecule has 1 aromatic heterocycles. The SMILES string of the molecule is OC1CCCC1C1c2ccccc2-c2cncn21. The molecule has 3 atom stereocenters. The first kappa shape index (κ1) is 10.3. The molecule has 0 amide bonds. The van der Waals surface area contributed by atoms with E-state index in [4.69, 9.17) is 0 Å². The maximum Gasteiger partial charge on any atom is 0.0956 e. The minimum absolute atomic E-state index is 0.170. The average molecular weight is 240 g/mol. The monoisotopic (exact) mass is 240 g/mol. The summed E-state index contributed by atoms with van der Waals surface area (Å²) in [4.78, 5) is 4.27. The number of imidazole rings is 1. The number of benzene rings is 1. The fraction of sp³-hybridized carbons (Fsp3) is 0.400. The predicted octanol–water partition coefficient (Wildman–Crippen LogP) is 2.61. The van der Waals surface area contributed by atoms with Crippen molar-refractivity contribution in [3.8, 4) is 11.3 Å². The van der Waals surface area contributed by atoms with Gasteiger partial charge in [-0.05, 0) is 18.4 Å². The minimum Gasteiger partial charge on any atom is -0.393 e. The number of aliphatic hydroxyl groups is 1. The third-order valence-electron chi connectivity index (χ3n) is 4.46. The van der Waals surface area contributed by atoms with Gasteiger partial charge in [0, 0.05) is 11.5 Å². The number of aromatic nitrogens is 2. The summed E-state index contributed by atoms with van der Waals surface area (Å²) < 4.78 is 2.24. The molecule has 0 spiro atoms. The Morgan fingerprint density at radius 3 is 2.94 bits per heavy atom. The van der Waals surface area contributed by atoms with Crippen LogP contribution in [-0.4, -0.2) is 20.8 Å². The summed E-state index contributed by atoms with van der Waals surface area (Å²) in [5, 5.41) is 10.2. The van der Waals surface area contributed by atoms with Crippen LogP contribution in [0, 0.1) is 5.92 Å². The molecule has 3 unspecified atom stereocenters. The van der Waals surface area contributed by atoms with Gasteiger partial charge in [-0.25, -0.2) is 4.98 Å². The van der Waals surface area contributed by atoms with Crippen molar-refractivity contribution in [2.45, 2.75) is 31.4 Å². The van der Waals surface area contributed by atoms with Gasteiger partial charge >= 0.3 is 0 Å². The fourth-order valence-electron chi connectivity index (χ4n) is 3.65. The molecule has 1 N–H and O–H groups in total. The summed E-state index contributed by atoms with van der Waals surface area (Å²) in [6, 6.07) is 8.79. The third-order valence-corrected chi connectivity index (χ3v) is 4.46. The van der Waals surface area contributed by atoms with Crippen molar-refractivity contribution in [2.75, 3.05) is 0 Å². The summed E-state index contributed by atoms with van der Waals surface area (Å²) in [6.07, 6.45) is 6.85. The van der Waals surface area contributed by atoms with Crippen LogP contribution in [0.3, 0.4) is 0 Å². The first-order valence-corrected chi connectivity index (χ1v) is 6.65. The van der Waals surface area contributed by atoms with Crippen molar-refractivity contribution in [3.05, 3.63) is 42.4 Å². The zero-order valence-corrected chi connectivity index (χ0v) is 10.2. The number of aliphatic hydroxyl groups excluding tert-OH is 1. The molecule has 0 saturated heterocycles. The van der Waals surface area contributed by atoms with E-state index in [1.165, 1.54) is 16.8 Å². The van der Waals surface area contributed by atoms with Crippen molar-refractivity contribution in [1.82, 2.24) is 9.55 Å². The Labute approximate surface area is 106 Å². The smallest absolute Gasteiger partial charge is 0.0956 e. The Morgan fingerprint density at radius 2 is 2.11 bits per heavy atom. The van der Waals surface area contributed by atoms with E-state index in [9.17, 15) is 5.11 Å². The van der Waals surface area contributed by atoms with Gasteiger partial charge in [0.15, 0.2) is 0 Å². The molecule has 1 aliphatic carbocycles. The molecule has 2 aromatic rings. The van der Waals surface area contributed by atoms with Crippen LogP contribution in [0.4, 0.5) is 0 Å². The van der Waals surface area contributed by atoms with Gasteiger partial charge in [-0.1, -0.05) is 30.7 Å². The molecule has 0 radical (unpaired) electrons. The van der Waals surface area contributed by atoms with Gasteiger partial charge in [0.2, 0.25) is 0 Å². The highest BCUT2D eigenvalue weighted by molar-refractivity contribution is 5.69. The van der Waals surface area contributed by atoms with E-state index in [2.05, 4.69) is 33.8 Å². The number of hydrogen-bond acceptors (Lipinski definition) is 2. The molecule has 3 nitrogen and oxygen atoms in total. The van der Waals surface area contributed by atoms with E-state index in [1.807, 2.05) is 12.5 Å². The van der Waals surface area contributed by atoms with Gasteiger partial charge in [0.1, 0.15) is 0 Å². The molecular formula is C15H16N2O. The van der Waals surface area contributed by atoms with Crippen LogP contribution in [0.5, 0.6) is 0 Å². The first-order valence-electron chi connectivity index (χ1n) is 6.65. The van der Waals surface area contributed by atoms with Crippen LogP contribution in [0.1, 0.15) is 30.9 Å². The summed E-state index contributed by atoms with van der Waals surface area (Å²) >= 11 is 0. The Morgan fingerprint density at radius 1 is 1.22 bits per heavy atom. The van der Waals surface area contributed by atoms with Crippen LogP contribution in [0.25, 0.3) is 11.3 Å². The van der Waals surface area contributed by atoms with E-state index in [0.717, 1.165) is 19.3 Å². The number of rotatable bonds is 1. The van der Waals surface area contributed by atoms with Crippen LogP contribution < -0.4 is 0 Å². The molecule has 1 aromatic carbocycles. The number of fused-ring (bicyclic) bond motifs is 3. The van der Waals surface area contributed by atoms with Gasteiger partial charge in [0.25, 0.3) is 0 Å². The normalized spacial score (nSPS) is 29.3. The van der Waals surface area contributed by atoms with Crippen molar-refractivity contribution in [3.63, 3.8) is 0 Å². The van der Waals surface area contributed by atoms with E-state index in [0.29, 0.717) is 5.92 Å². The summed E-state index contributed by atoms with van der Waals surface area (Å²) in [5.41, 5.74) is 3.81. The van der Waals surface area contributed by atoms with Crippen molar-refractivity contribution < 1.29 is 5.11 Å². The van der Waals surface area contributed by atoms with Crippen molar-refractivity contribution >= 4 is 0 Å². The largest absolute Gasteiger partial charge is 0.393 e. The topological polar surface area (TPSA) is 38.1 Å². The zero-order chi connectivity index (χ0) is 12.1. The molecule has 2 heterocycles. The Bertz CT molecular complexity index is 590. The highest BCUT2D eigenvalue weighted by Crippen LogP contribution is 2.47. The second-order valence-electron chi connectivity index (χ2n) is 5.38. The average Bonchev–Trinajstić information content (AvgIpc) is 3.05. The molecule has 0 bridgehead atoms. The Kier molecular flexibility index (Phi) is 2.12. The number of hydrogen-bond donors (Lipinski definition) is 1. The van der Waals surface area contributed by atoms with Crippen LogP contribution in [-0.2, 0) is 0 Å². The summed E-state index contributed by atoms with van der Waals surface area (Å²) in [7, 11) is 0. The van der Waals surface area contributed by atoms with E-state index < -0.39 is 0 Å². The third kappa shape index (κ3) is 1.25. The fourth-order valence-corrected chi connectivity index (χ4v) is 3.65. The van der Waals surface area contributed by atoms with E-state index in [1.54, 1.807) is 0 Å². The Balaban J connectivity index is 1.89. The highest BCUT2D eigenvalue weighted by atomic mass is 16.3. The molecule has 2 aliphatic rings. The summed E-state index contributed by atoms with van der Waals surface area (Å²) in [5.74, 6) is 0.335. The molecule has 4 rings (SSSR count). The van der Waals surface area contributed by atoms with Crippen molar-refractivity contribution in [1.29, 1.82) is 0 Å². The minimum atomic E-state index is -0.170. The predicted molar refractivity (Wildman–Crippen MR) is 69.1 cm³/mol. The maximum atomic E-state index is 10.2. The lowest BCUT2D eigenvalue weighted by Crippen LogP contribution is -2.24. The molecule has 3 heteroatoms. The van der Waals surface area contributed by atoms with Crippen LogP contribution in [0.15, 0.2) is 36.8 Å². The second-order valence-corrected chi connectivity index (χ2v) is 5.38. The van der Waals surface area contributed by atoms with Gasteiger partial charge in [-0.2, -0.15) is 0 Å². The lowest BCUT2D eigenvalue weighted by Gasteiger charge is -2.24. The number of nitrogens with zero attached hydrogens (tertiary/aromatic N) is 2. The van der Waals surface area contributed by atoms with Crippen molar-refractivity contribution in [2.24, 2.45) is 5.92 Å². The molecule has 92 valence electrons. The van der Waals surface area contributed by atoms with Crippen LogP contribution >= 0.6 is 0 Å². The van der Waals surface area contributed by atoms with E-state index >= 15 is 0 Å². The molecule has 18 heavy (non-hydrogen) atoms. The van der Waals surface area contributed by atoms with E-state index in [-0.39, 0.29) is 12.1 Å². The second kappa shape index (κ2) is 3.69. The van der Waals surface area contributed by atoms with Gasteiger partial charge in [-0.3, -0.25) is 0 Å². The van der Waals surface area contributed by atoms with Gasteiger partial charge < -0.3 is 9.67 Å². The Hall–Kier alpha value is -1.61. The lowest BCUT2D eigenvalue weighted by atomic mass is 9.90. The summed E-state index contributed by atoms with van der Waals surface area (Å²) in [6.45, 7) is 0. The zero-order valence-electron chi connectivity index (χ0n) is 10.2. The molecular weight excluding hydrogens is 224 g/mol. The highest BCUT2D eigenvalue weighted by Gasteiger charge is 2.39. The quantitative estimate of drug-likeness (QED) is 0.832. The standard InChI is InChI=1S/C15H16N2O/c18-14-7-3-6-12(14)15-11-5-2-1-4-10(11)13-8-16-9-17(13)15/h1-2,4-5,8-9,12,14-15,18H,3,6-7H2. The molecule has 1 aliphatic heterocycles. The van der Waals surface area contributed by atoms with Gasteiger partial charge in [0.05, 0.1) is 30.4 Å². The first-order chi connectivity index (χ1) is 8.86. The lowest BCUT2D eigenvalue weighted by molar-refractivity contribution is 0.112.